The highest BCUT2D eigenvalue weighted by Gasteiger charge is 2.56. The topological polar surface area (TPSA) is 9.72 Å². The molecule has 3 nitrogen and oxygen atoms in total. The normalized spacial score (nSPS) is 14.4. The molecular weight excluding hydrogens is 850 g/mol. The van der Waals surface area contributed by atoms with Gasteiger partial charge in [-0.05, 0) is 72.8 Å². The fraction of sp³-hybridized carbons (Fsp3) is 0.0667. The van der Waals surface area contributed by atoms with Gasteiger partial charge in [0.25, 0.3) is 0 Å². The first kappa shape index (κ1) is 38.6. The van der Waals surface area contributed by atoms with Crippen molar-refractivity contribution < 1.29 is 39.5 Å². The largest absolute Gasteiger partial charge is 0.420 e. The molecule has 0 radical (unpaired) electrons. The van der Waals surface area contributed by atoms with Crippen LogP contribution in [0, 0.1) is 0 Å². The van der Waals surface area contributed by atoms with Crippen molar-refractivity contribution in [1.82, 2.24) is 0 Å². The number of alkyl halides is 9. The standard InChI is InChI=1S/C45H24F9N3S3/c46-43(47,48)37-40(55-25-13-1-7-19-31(25)58-32-20-8-2-14-26(32)55)38(44(49,50)51)42(57-29-17-5-11-23-35(29)60-36-24-12-6-18-30(36)57)39(45(52,53)54)41(37)56-27-15-3-9-21-33(27)59-34-22-10-4-16-28(34)56/h1-24H. The zero-order chi connectivity index (χ0) is 41.7. The molecule has 0 N–H and O–H groups in total. The molecule has 0 saturated heterocycles. The number of fused-ring (bicyclic) bond motifs is 6. The Balaban J connectivity index is 1.51. The highest BCUT2D eigenvalue weighted by atomic mass is 32.2. The molecule has 3 aliphatic heterocycles. The van der Waals surface area contributed by atoms with E-state index in [2.05, 4.69) is 0 Å². The number of benzene rings is 7. The maximum Gasteiger partial charge on any atom is 0.420 e. The second kappa shape index (κ2) is 14.0. The number of anilines is 9. The van der Waals surface area contributed by atoms with Crippen molar-refractivity contribution in [1.29, 1.82) is 0 Å². The zero-order valence-corrected chi connectivity index (χ0v) is 32.8. The molecule has 0 bridgehead atoms. The van der Waals surface area contributed by atoms with Crippen LogP contribution in [0.2, 0.25) is 0 Å². The number of nitrogens with zero attached hydrogens (tertiary/aromatic N) is 3. The first-order valence-electron chi connectivity index (χ1n) is 18.2. The minimum Gasteiger partial charge on any atom is -0.307 e. The molecule has 0 saturated carbocycles. The van der Waals surface area contributed by atoms with Gasteiger partial charge >= 0.3 is 18.5 Å². The van der Waals surface area contributed by atoms with E-state index in [9.17, 15) is 0 Å². The minimum absolute atomic E-state index is 0.0705. The van der Waals surface area contributed by atoms with Gasteiger partial charge in [-0.1, -0.05) is 108 Å². The quantitative estimate of drug-likeness (QED) is 0.162. The van der Waals surface area contributed by atoms with Crippen LogP contribution in [-0.2, 0) is 18.5 Å². The van der Waals surface area contributed by atoms with E-state index in [0.29, 0.717) is 29.4 Å². The lowest BCUT2D eigenvalue weighted by atomic mass is 9.90. The molecule has 3 heterocycles. The molecule has 0 fully saturated rings. The van der Waals surface area contributed by atoms with Gasteiger partial charge in [0.2, 0.25) is 0 Å². The third kappa shape index (κ3) is 6.11. The van der Waals surface area contributed by atoms with E-state index < -0.39 is 52.3 Å². The highest BCUT2D eigenvalue weighted by molar-refractivity contribution is 8.00. The fourth-order valence-electron chi connectivity index (χ4n) is 8.02. The predicted octanol–water partition coefficient (Wildman–Crippen LogP) is 16.5. The summed E-state index contributed by atoms with van der Waals surface area (Å²) in [6, 6.07) is 35.9. The van der Waals surface area contributed by atoms with Crippen molar-refractivity contribution in [3.05, 3.63) is 162 Å². The van der Waals surface area contributed by atoms with E-state index in [1.165, 1.54) is 72.8 Å². The Morgan fingerprint density at radius 3 is 0.600 bits per heavy atom. The first-order valence-corrected chi connectivity index (χ1v) is 20.6. The molecule has 0 amide bonds. The van der Waals surface area contributed by atoms with Gasteiger partial charge in [-0.25, -0.2) is 0 Å². The number of para-hydroxylation sites is 6. The average molecular weight is 874 g/mol. The highest BCUT2D eigenvalue weighted by Crippen LogP contribution is 2.67. The zero-order valence-electron chi connectivity index (χ0n) is 30.3. The van der Waals surface area contributed by atoms with E-state index in [0.717, 1.165) is 50.0 Å². The summed E-state index contributed by atoms with van der Waals surface area (Å²) < 4.78 is 150. The number of halogens is 9. The van der Waals surface area contributed by atoms with Gasteiger partial charge in [0.15, 0.2) is 0 Å². The molecule has 300 valence electrons. The Morgan fingerprint density at radius 1 is 0.267 bits per heavy atom. The van der Waals surface area contributed by atoms with Gasteiger partial charge < -0.3 is 14.7 Å². The van der Waals surface area contributed by atoms with Crippen molar-refractivity contribution in [3.8, 4) is 0 Å². The van der Waals surface area contributed by atoms with Gasteiger partial charge in [-0.2, -0.15) is 39.5 Å². The van der Waals surface area contributed by atoms with Crippen LogP contribution in [0.3, 0.4) is 0 Å². The first-order chi connectivity index (χ1) is 28.7. The van der Waals surface area contributed by atoms with Gasteiger partial charge in [-0.3, -0.25) is 0 Å². The second-order valence-corrected chi connectivity index (χ2v) is 17.0. The van der Waals surface area contributed by atoms with Crippen LogP contribution >= 0.6 is 35.3 Å². The summed E-state index contributed by atoms with van der Waals surface area (Å²) in [5.41, 5.74) is -11.2. The summed E-state index contributed by atoms with van der Waals surface area (Å²) in [5, 5.41) is 0. The van der Waals surface area contributed by atoms with Crippen molar-refractivity contribution >= 4 is 86.5 Å². The summed E-state index contributed by atoms with van der Waals surface area (Å²) in [6.45, 7) is 0. The number of hydrogen-bond donors (Lipinski definition) is 0. The second-order valence-electron chi connectivity index (χ2n) is 13.8. The van der Waals surface area contributed by atoms with Crippen LogP contribution in [0.4, 0.5) is 90.7 Å². The number of rotatable bonds is 3. The van der Waals surface area contributed by atoms with Gasteiger partial charge in [0.1, 0.15) is 16.7 Å². The average Bonchev–Trinajstić information content (AvgIpc) is 3.21. The Bertz CT molecular complexity index is 2410. The summed E-state index contributed by atoms with van der Waals surface area (Å²) in [5.74, 6) is 0. The van der Waals surface area contributed by atoms with Crippen LogP contribution < -0.4 is 14.7 Å². The van der Waals surface area contributed by atoms with Gasteiger partial charge in [0, 0.05) is 29.4 Å². The van der Waals surface area contributed by atoms with E-state index in [4.69, 9.17) is 0 Å². The molecule has 10 rings (SSSR count). The van der Waals surface area contributed by atoms with E-state index >= 15 is 39.5 Å². The molecule has 0 spiro atoms. The fourth-order valence-corrected chi connectivity index (χ4v) is 11.2. The predicted molar refractivity (Wildman–Crippen MR) is 218 cm³/mol. The molecular formula is C45H24F9N3S3. The van der Waals surface area contributed by atoms with Gasteiger partial charge in [-0.15, -0.1) is 0 Å². The Morgan fingerprint density at radius 2 is 0.433 bits per heavy atom. The summed E-state index contributed by atoms with van der Waals surface area (Å²) in [6.07, 6.45) is -17.5. The number of hydrogen-bond acceptors (Lipinski definition) is 6. The molecule has 15 heteroatoms. The van der Waals surface area contributed by atoms with E-state index in [-0.39, 0.29) is 34.1 Å². The van der Waals surface area contributed by atoms with E-state index in [1.54, 1.807) is 72.8 Å². The molecule has 3 aliphatic rings. The van der Waals surface area contributed by atoms with Crippen molar-refractivity contribution in [2.45, 2.75) is 47.9 Å². The smallest absolute Gasteiger partial charge is 0.307 e. The van der Waals surface area contributed by atoms with Crippen molar-refractivity contribution in [2.75, 3.05) is 14.7 Å². The molecule has 0 aromatic heterocycles. The lowest BCUT2D eigenvalue weighted by Crippen LogP contribution is -2.33. The summed E-state index contributed by atoms with van der Waals surface area (Å²) >= 11 is 3.40. The van der Waals surface area contributed by atoms with Crippen LogP contribution in [0.25, 0.3) is 0 Å². The Labute approximate surface area is 349 Å². The lowest BCUT2D eigenvalue weighted by Gasteiger charge is -2.43. The summed E-state index contributed by atoms with van der Waals surface area (Å²) in [7, 11) is 0. The van der Waals surface area contributed by atoms with Crippen LogP contribution in [-0.4, -0.2) is 0 Å². The maximum absolute atomic E-state index is 16.7. The molecule has 60 heavy (non-hydrogen) atoms. The Hall–Kier alpha value is -5.64. The Kier molecular flexibility index (Phi) is 8.97. The monoisotopic (exact) mass is 873 g/mol. The minimum atomic E-state index is -5.82. The van der Waals surface area contributed by atoms with Gasteiger partial charge in [0.05, 0.1) is 51.2 Å². The molecule has 0 aliphatic carbocycles. The van der Waals surface area contributed by atoms with Crippen LogP contribution in [0.1, 0.15) is 16.7 Å². The van der Waals surface area contributed by atoms with Crippen LogP contribution in [0.15, 0.2) is 175 Å². The maximum atomic E-state index is 16.7. The SMILES string of the molecule is FC(F)(F)c1c(N2c3ccccc3Sc3ccccc32)c(C(F)(F)F)c(N2c3ccccc3Sc3ccccc32)c(C(F)(F)F)c1N1c2ccccc2Sc2ccccc21. The van der Waals surface area contributed by atoms with Crippen molar-refractivity contribution in [3.63, 3.8) is 0 Å². The van der Waals surface area contributed by atoms with Crippen molar-refractivity contribution in [2.24, 2.45) is 0 Å². The molecule has 0 atom stereocenters. The molecule has 7 aromatic rings. The van der Waals surface area contributed by atoms with Crippen LogP contribution in [0.5, 0.6) is 0 Å². The molecule has 0 unspecified atom stereocenters. The third-order valence-corrected chi connectivity index (χ3v) is 13.6. The van der Waals surface area contributed by atoms with E-state index in [1.807, 2.05) is 0 Å². The summed E-state index contributed by atoms with van der Waals surface area (Å²) in [4.78, 5) is 4.33. The third-order valence-electron chi connectivity index (χ3n) is 10.2. The lowest BCUT2D eigenvalue weighted by molar-refractivity contribution is -0.146. The molecule has 7 aromatic carbocycles.